The van der Waals surface area contributed by atoms with Gasteiger partial charge in [0.1, 0.15) is 6.61 Å². The number of carboxylic acid groups (broad SMARTS) is 1. The second kappa shape index (κ2) is 5.99. The van der Waals surface area contributed by atoms with E-state index >= 15 is 0 Å². The molecule has 0 aliphatic carbocycles. The highest BCUT2D eigenvalue weighted by Crippen LogP contribution is 2.19. The maximum Gasteiger partial charge on any atom is 0.407 e. The second-order valence-electron chi connectivity index (χ2n) is 5.80. The Morgan fingerprint density at radius 1 is 1.09 bits per heavy atom. The first-order valence-corrected chi connectivity index (χ1v) is 7.47. The van der Waals surface area contributed by atoms with Crippen LogP contribution in [0.3, 0.4) is 0 Å². The highest BCUT2D eigenvalue weighted by atomic mass is 16.5. The Bertz CT molecular complexity index is 477. The van der Waals surface area contributed by atoms with Crippen LogP contribution in [0, 0.1) is 0 Å². The molecule has 22 heavy (non-hydrogen) atoms. The van der Waals surface area contributed by atoms with Crippen LogP contribution < -0.4 is 5.32 Å². The SMILES string of the molecule is O=C1CO[C@H]2CCN(C(=O)N3CCN(C(=O)O)CC3)C[C@H]2N1. The molecule has 0 radical (unpaired) electrons. The first-order chi connectivity index (χ1) is 10.5. The molecule has 9 heteroatoms. The van der Waals surface area contributed by atoms with Gasteiger partial charge in [-0.1, -0.05) is 0 Å². The van der Waals surface area contributed by atoms with Crippen LogP contribution in [0.25, 0.3) is 0 Å². The molecule has 0 spiro atoms. The van der Waals surface area contributed by atoms with Crippen molar-refractivity contribution in [2.75, 3.05) is 45.9 Å². The van der Waals surface area contributed by atoms with Crippen LogP contribution in [0.15, 0.2) is 0 Å². The number of nitrogens with one attached hydrogen (secondary N) is 1. The Hall–Kier alpha value is -2.03. The highest BCUT2D eigenvalue weighted by molar-refractivity contribution is 5.79. The Morgan fingerprint density at radius 3 is 2.45 bits per heavy atom. The number of morpholine rings is 1. The van der Waals surface area contributed by atoms with E-state index in [0.717, 1.165) is 0 Å². The van der Waals surface area contributed by atoms with Gasteiger partial charge in [-0.15, -0.1) is 0 Å². The number of fused-ring (bicyclic) bond motifs is 1. The molecule has 2 N–H and O–H groups in total. The van der Waals surface area contributed by atoms with E-state index in [0.29, 0.717) is 45.7 Å². The molecule has 3 heterocycles. The summed E-state index contributed by atoms with van der Waals surface area (Å²) in [6, 6.07) is -0.248. The quantitative estimate of drug-likeness (QED) is 0.597. The van der Waals surface area contributed by atoms with Crippen molar-refractivity contribution >= 4 is 18.0 Å². The number of hydrogen-bond acceptors (Lipinski definition) is 4. The van der Waals surface area contributed by atoms with Crippen LogP contribution in [0.4, 0.5) is 9.59 Å². The fraction of sp³-hybridized carbons (Fsp3) is 0.769. The molecule has 0 aromatic heterocycles. The largest absolute Gasteiger partial charge is 0.465 e. The fourth-order valence-electron chi connectivity index (χ4n) is 3.16. The normalized spacial score (nSPS) is 28.9. The predicted octanol–water partition coefficient (Wildman–Crippen LogP) is -1.01. The van der Waals surface area contributed by atoms with Gasteiger partial charge in [0.05, 0.1) is 12.1 Å². The third-order valence-corrected chi connectivity index (χ3v) is 4.42. The summed E-state index contributed by atoms with van der Waals surface area (Å²) in [5.74, 6) is -0.148. The number of hydrogen-bond donors (Lipinski definition) is 2. The summed E-state index contributed by atoms with van der Waals surface area (Å²) in [5, 5.41) is 11.8. The van der Waals surface area contributed by atoms with E-state index in [1.54, 1.807) is 9.80 Å². The zero-order valence-electron chi connectivity index (χ0n) is 12.2. The van der Waals surface area contributed by atoms with Gasteiger partial charge in [-0.2, -0.15) is 0 Å². The standard InChI is InChI=1S/C13H20N4O5/c18-11-8-22-10-1-2-17(7-9(10)14-11)12(19)15-3-5-16(6-4-15)13(20)21/h9-10H,1-8H2,(H,14,18)(H,20,21)/t9-,10+/m1/s1. The van der Waals surface area contributed by atoms with Crippen LogP contribution in [-0.4, -0.2) is 95.9 Å². The number of piperidine rings is 1. The molecule has 3 aliphatic heterocycles. The molecule has 3 aliphatic rings. The van der Waals surface area contributed by atoms with Crippen molar-refractivity contribution in [3.8, 4) is 0 Å². The molecule has 0 aromatic rings. The Kier molecular flexibility index (Phi) is 4.06. The number of nitrogens with zero attached hydrogens (tertiary/aromatic N) is 3. The van der Waals surface area contributed by atoms with E-state index in [2.05, 4.69) is 5.32 Å². The molecule has 2 atom stereocenters. The molecule has 4 amide bonds. The van der Waals surface area contributed by atoms with Crippen molar-refractivity contribution in [2.24, 2.45) is 0 Å². The number of likely N-dealkylation sites (tertiary alicyclic amines) is 1. The molecule has 0 saturated carbocycles. The second-order valence-corrected chi connectivity index (χ2v) is 5.80. The number of piperazine rings is 1. The summed E-state index contributed by atoms with van der Waals surface area (Å²) < 4.78 is 5.47. The topological polar surface area (TPSA) is 102 Å². The summed E-state index contributed by atoms with van der Waals surface area (Å²) >= 11 is 0. The summed E-state index contributed by atoms with van der Waals surface area (Å²) in [7, 11) is 0. The Labute approximate surface area is 127 Å². The van der Waals surface area contributed by atoms with Crippen molar-refractivity contribution in [3.05, 3.63) is 0 Å². The van der Waals surface area contributed by atoms with Gasteiger partial charge >= 0.3 is 12.1 Å². The van der Waals surface area contributed by atoms with Gasteiger partial charge in [-0.25, -0.2) is 9.59 Å². The van der Waals surface area contributed by atoms with Gasteiger partial charge < -0.3 is 29.9 Å². The number of urea groups is 1. The van der Waals surface area contributed by atoms with Gasteiger partial charge in [-0.05, 0) is 6.42 Å². The number of carbonyl (C=O) groups is 3. The van der Waals surface area contributed by atoms with Crippen LogP contribution >= 0.6 is 0 Å². The van der Waals surface area contributed by atoms with Crippen molar-refractivity contribution in [3.63, 3.8) is 0 Å². The molecule has 3 saturated heterocycles. The molecule has 0 bridgehead atoms. The first kappa shape index (κ1) is 14.9. The molecule has 3 rings (SSSR count). The zero-order valence-corrected chi connectivity index (χ0v) is 12.2. The van der Waals surface area contributed by atoms with E-state index in [9.17, 15) is 14.4 Å². The van der Waals surface area contributed by atoms with Crippen LogP contribution in [-0.2, 0) is 9.53 Å². The van der Waals surface area contributed by atoms with Crippen LogP contribution in [0.2, 0.25) is 0 Å². The summed E-state index contributed by atoms with van der Waals surface area (Å²) in [6.07, 6.45) is -0.272. The lowest BCUT2D eigenvalue weighted by atomic mass is 10.0. The maximum absolute atomic E-state index is 12.5. The third kappa shape index (κ3) is 2.94. The number of carbonyl (C=O) groups excluding carboxylic acids is 2. The van der Waals surface area contributed by atoms with Gasteiger partial charge in [0, 0.05) is 39.3 Å². The van der Waals surface area contributed by atoms with E-state index in [-0.39, 0.29) is 30.7 Å². The lowest BCUT2D eigenvalue weighted by molar-refractivity contribution is -0.139. The van der Waals surface area contributed by atoms with Crippen molar-refractivity contribution in [1.29, 1.82) is 0 Å². The summed E-state index contributed by atoms with van der Waals surface area (Å²) in [4.78, 5) is 39.5. The predicted molar refractivity (Wildman–Crippen MR) is 74.4 cm³/mol. The Morgan fingerprint density at radius 2 is 1.77 bits per heavy atom. The lowest BCUT2D eigenvalue weighted by Gasteiger charge is -2.43. The van der Waals surface area contributed by atoms with Gasteiger partial charge in [0.25, 0.3) is 0 Å². The highest BCUT2D eigenvalue weighted by Gasteiger charge is 2.38. The van der Waals surface area contributed by atoms with Gasteiger partial charge in [-0.3, -0.25) is 4.79 Å². The Balaban J connectivity index is 1.55. The average molecular weight is 312 g/mol. The van der Waals surface area contributed by atoms with E-state index in [1.807, 2.05) is 0 Å². The van der Waals surface area contributed by atoms with E-state index in [1.165, 1.54) is 4.90 Å². The number of rotatable bonds is 0. The van der Waals surface area contributed by atoms with E-state index < -0.39 is 6.09 Å². The first-order valence-electron chi connectivity index (χ1n) is 7.47. The van der Waals surface area contributed by atoms with E-state index in [4.69, 9.17) is 9.84 Å². The molecule has 3 fully saturated rings. The van der Waals surface area contributed by atoms with Crippen LogP contribution in [0.1, 0.15) is 6.42 Å². The average Bonchev–Trinajstić information content (AvgIpc) is 2.53. The molecule has 0 aromatic carbocycles. The van der Waals surface area contributed by atoms with Gasteiger partial charge in [0.15, 0.2) is 0 Å². The molecular weight excluding hydrogens is 292 g/mol. The molecule has 0 unspecified atom stereocenters. The summed E-state index contributed by atoms with van der Waals surface area (Å²) in [5.41, 5.74) is 0. The third-order valence-electron chi connectivity index (χ3n) is 4.42. The van der Waals surface area contributed by atoms with Crippen molar-refractivity contribution in [1.82, 2.24) is 20.0 Å². The minimum atomic E-state index is -0.949. The zero-order chi connectivity index (χ0) is 15.7. The molecular formula is C13H20N4O5. The van der Waals surface area contributed by atoms with Crippen molar-refractivity contribution < 1.29 is 24.2 Å². The molecule has 122 valence electrons. The minimum absolute atomic E-state index is 0.0226. The number of amides is 4. The fourth-order valence-corrected chi connectivity index (χ4v) is 3.16. The van der Waals surface area contributed by atoms with Crippen molar-refractivity contribution in [2.45, 2.75) is 18.6 Å². The lowest BCUT2D eigenvalue weighted by Crippen LogP contribution is -2.63. The molecule has 9 nitrogen and oxygen atoms in total. The monoisotopic (exact) mass is 312 g/mol. The minimum Gasteiger partial charge on any atom is -0.465 e. The van der Waals surface area contributed by atoms with Crippen LogP contribution in [0.5, 0.6) is 0 Å². The summed E-state index contributed by atoms with van der Waals surface area (Å²) in [6.45, 7) is 2.59. The maximum atomic E-state index is 12.5. The van der Waals surface area contributed by atoms with Gasteiger partial charge in [0.2, 0.25) is 5.91 Å². The number of ether oxygens (including phenoxy) is 1. The smallest absolute Gasteiger partial charge is 0.407 e.